The predicted molar refractivity (Wildman–Crippen MR) is 124 cm³/mol. The highest BCUT2D eigenvalue weighted by atomic mass is 16.5. The van der Waals surface area contributed by atoms with Crippen LogP contribution >= 0.6 is 0 Å². The monoisotopic (exact) mass is 430 g/mol. The number of aliphatic hydroxyl groups is 1. The molecule has 0 bridgehead atoms. The molecule has 9 atom stereocenters. The van der Waals surface area contributed by atoms with Crippen molar-refractivity contribution in [3.8, 4) is 0 Å². The van der Waals surface area contributed by atoms with Crippen molar-refractivity contribution in [1.82, 2.24) is 9.80 Å². The second kappa shape index (κ2) is 7.96. The third-order valence-corrected chi connectivity index (χ3v) is 11.7. The molecule has 1 N–H and O–H groups in total. The minimum atomic E-state index is -0.102. The second-order valence-electron chi connectivity index (χ2n) is 12.8. The van der Waals surface area contributed by atoms with Crippen LogP contribution in [0.15, 0.2) is 0 Å². The lowest BCUT2D eigenvalue weighted by atomic mass is 9.45. The zero-order valence-corrected chi connectivity index (χ0v) is 20.1. The van der Waals surface area contributed by atoms with Gasteiger partial charge in [-0.05, 0) is 112 Å². The molecular weight excluding hydrogens is 384 g/mol. The number of rotatable bonds is 2. The summed E-state index contributed by atoms with van der Waals surface area (Å²) in [6, 6.07) is 1.22. The Morgan fingerprint density at radius 3 is 2.32 bits per heavy atom. The van der Waals surface area contributed by atoms with E-state index in [4.69, 9.17) is 4.74 Å². The van der Waals surface area contributed by atoms with Gasteiger partial charge in [0.05, 0.1) is 19.3 Å². The summed E-state index contributed by atoms with van der Waals surface area (Å²) in [5, 5.41) is 11.5. The quantitative estimate of drug-likeness (QED) is 0.713. The fraction of sp³-hybridized carbons (Fsp3) is 1.00. The first kappa shape index (κ1) is 21.4. The summed E-state index contributed by atoms with van der Waals surface area (Å²) in [6.45, 7) is 11.8. The van der Waals surface area contributed by atoms with Crippen LogP contribution in [0.25, 0.3) is 0 Å². The highest BCUT2D eigenvalue weighted by Crippen LogP contribution is 2.66. The van der Waals surface area contributed by atoms with Crippen molar-refractivity contribution in [3.63, 3.8) is 0 Å². The second-order valence-corrected chi connectivity index (χ2v) is 12.8. The largest absolute Gasteiger partial charge is 0.391 e. The van der Waals surface area contributed by atoms with Crippen molar-refractivity contribution in [1.29, 1.82) is 0 Å². The van der Waals surface area contributed by atoms with Crippen LogP contribution < -0.4 is 0 Å². The zero-order chi connectivity index (χ0) is 21.2. The molecule has 6 rings (SSSR count). The van der Waals surface area contributed by atoms with Crippen molar-refractivity contribution in [2.75, 3.05) is 39.4 Å². The minimum absolute atomic E-state index is 0.102. The Bertz CT molecular complexity index is 660. The van der Waals surface area contributed by atoms with E-state index in [2.05, 4.69) is 23.6 Å². The van der Waals surface area contributed by atoms with Crippen LogP contribution in [-0.2, 0) is 4.74 Å². The number of fused-ring (bicyclic) bond motifs is 5. The van der Waals surface area contributed by atoms with Gasteiger partial charge in [-0.1, -0.05) is 13.8 Å². The molecule has 4 heteroatoms. The lowest BCUT2D eigenvalue weighted by molar-refractivity contribution is -0.136. The fourth-order valence-corrected chi connectivity index (χ4v) is 9.99. The first-order chi connectivity index (χ1) is 15.0. The number of aliphatic hydroxyl groups excluding tert-OH is 1. The maximum absolute atomic E-state index is 11.5. The Labute approximate surface area is 190 Å². The zero-order valence-electron chi connectivity index (χ0n) is 20.1. The molecule has 0 aromatic heterocycles. The Hall–Kier alpha value is -0.160. The molecule has 6 aliphatic rings. The van der Waals surface area contributed by atoms with E-state index in [9.17, 15) is 5.11 Å². The molecule has 6 fully saturated rings. The molecule has 4 saturated carbocycles. The molecule has 4 nitrogen and oxygen atoms in total. The molecule has 0 spiro atoms. The van der Waals surface area contributed by atoms with Gasteiger partial charge >= 0.3 is 0 Å². The summed E-state index contributed by atoms with van der Waals surface area (Å²) in [6.07, 6.45) is 13.6. The number of likely N-dealkylation sites (tertiary alicyclic amines) is 1. The van der Waals surface area contributed by atoms with E-state index >= 15 is 0 Å². The molecular formula is C27H46N2O2. The van der Waals surface area contributed by atoms with E-state index in [-0.39, 0.29) is 11.5 Å². The van der Waals surface area contributed by atoms with Crippen LogP contribution in [0, 0.1) is 34.5 Å². The Morgan fingerprint density at radius 1 is 0.806 bits per heavy atom. The van der Waals surface area contributed by atoms with Crippen LogP contribution in [0.3, 0.4) is 0 Å². The van der Waals surface area contributed by atoms with Crippen LogP contribution in [0.5, 0.6) is 0 Å². The molecule has 0 amide bonds. The van der Waals surface area contributed by atoms with Crippen molar-refractivity contribution in [2.24, 2.45) is 34.5 Å². The van der Waals surface area contributed by atoms with Gasteiger partial charge in [0, 0.05) is 25.2 Å². The Balaban J connectivity index is 1.23. The van der Waals surface area contributed by atoms with E-state index in [0.717, 1.165) is 56.0 Å². The van der Waals surface area contributed by atoms with Crippen LogP contribution in [-0.4, -0.2) is 72.5 Å². The standard InChI is InChI=1S/C27H46N2O2/c1-26-10-9-22-21(23(26)17-24(25(26)30)29-11-3-4-12-29)8-6-19-5-7-20(18-27(19,22)2)28-13-15-31-16-14-28/h19-25,30H,3-18H2,1-2H3/t19?,20?,21?,22?,23?,24-,25?,26+,27?/m1/s1. The molecule has 4 aliphatic carbocycles. The van der Waals surface area contributed by atoms with Crippen molar-refractivity contribution in [2.45, 2.75) is 96.2 Å². The number of morpholine rings is 1. The average molecular weight is 431 g/mol. The van der Waals surface area contributed by atoms with Gasteiger partial charge in [0.15, 0.2) is 0 Å². The molecule has 0 aromatic carbocycles. The van der Waals surface area contributed by atoms with Gasteiger partial charge in [-0.3, -0.25) is 9.80 Å². The third kappa shape index (κ3) is 3.29. The van der Waals surface area contributed by atoms with Crippen molar-refractivity contribution in [3.05, 3.63) is 0 Å². The van der Waals surface area contributed by atoms with E-state index < -0.39 is 0 Å². The van der Waals surface area contributed by atoms with Gasteiger partial charge in [0.1, 0.15) is 0 Å². The van der Waals surface area contributed by atoms with E-state index in [1.165, 1.54) is 77.3 Å². The maximum Gasteiger partial charge on any atom is 0.0751 e. The Kier molecular flexibility index (Phi) is 5.49. The minimum Gasteiger partial charge on any atom is -0.391 e. The van der Waals surface area contributed by atoms with E-state index in [1.54, 1.807) is 0 Å². The smallest absolute Gasteiger partial charge is 0.0751 e. The summed E-state index contributed by atoms with van der Waals surface area (Å²) in [5.41, 5.74) is 0.679. The normalized spacial score (nSPS) is 53.7. The summed E-state index contributed by atoms with van der Waals surface area (Å²) in [5.74, 6) is 3.42. The molecule has 2 saturated heterocycles. The lowest BCUT2D eigenvalue weighted by Gasteiger charge is -2.61. The molecule has 31 heavy (non-hydrogen) atoms. The first-order valence-corrected chi connectivity index (χ1v) is 13.7. The highest BCUT2D eigenvalue weighted by molar-refractivity contribution is 5.13. The van der Waals surface area contributed by atoms with E-state index in [1.807, 2.05) is 0 Å². The van der Waals surface area contributed by atoms with Crippen molar-refractivity contribution >= 4 is 0 Å². The summed E-state index contributed by atoms with van der Waals surface area (Å²) in [7, 11) is 0. The highest BCUT2D eigenvalue weighted by Gasteiger charge is 2.63. The van der Waals surface area contributed by atoms with Gasteiger partial charge in [-0.2, -0.15) is 0 Å². The molecule has 0 radical (unpaired) electrons. The average Bonchev–Trinajstić information content (AvgIpc) is 3.40. The van der Waals surface area contributed by atoms with Gasteiger partial charge in [0.2, 0.25) is 0 Å². The van der Waals surface area contributed by atoms with Crippen LogP contribution in [0.1, 0.15) is 78.1 Å². The number of ether oxygens (including phenoxy) is 1. The lowest BCUT2D eigenvalue weighted by Crippen LogP contribution is -2.57. The van der Waals surface area contributed by atoms with Gasteiger partial charge in [-0.25, -0.2) is 0 Å². The molecule has 176 valence electrons. The number of nitrogens with zero attached hydrogens (tertiary/aromatic N) is 2. The predicted octanol–water partition coefficient (Wildman–Crippen LogP) is 4.17. The van der Waals surface area contributed by atoms with Crippen molar-refractivity contribution < 1.29 is 9.84 Å². The third-order valence-electron chi connectivity index (χ3n) is 11.7. The van der Waals surface area contributed by atoms with Crippen LogP contribution in [0.2, 0.25) is 0 Å². The van der Waals surface area contributed by atoms with Gasteiger partial charge in [0.25, 0.3) is 0 Å². The molecule has 2 heterocycles. The Morgan fingerprint density at radius 2 is 1.55 bits per heavy atom. The van der Waals surface area contributed by atoms with Crippen LogP contribution in [0.4, 0.5) is 0 Å². The first-order valence-electron chi connectivity index (χ1n) is 13.7. The fourth-order valence-electron chi connectivity index (χ4n) is 9.99. The summed E-state index contributed by atoms with van der Waals surface area (Å²) < 4.78 is 5.66. The summed E-state index contributed by atoms with van der Waals surface area (Å²) >= 11 is 0. The van der Waals surface area contributed by atoms with Gasteiger partial charge in [-0.15, -0.1) is 0 Å². The number of hydrogen-bond acceptors (Lipinski definition) is 4. The topological polar surface area (TPSA) is 35.9 Å². The SMILES string of the molecule is CC12CC(N3CCOCC3)CCC1CCC1C2CC[C@@]2(C)C1C[C@@H](N1CCCC1)C2O. The molecule has 0 aromatic rings. The van der Waals surface area contributed by atoms with Gasteiger partial charge < -0.3 is 9.84 Å². The maximum atomic E-state index is 11.5. The molecule has 7 unspecified atom stereocenters. The molecule has 2 aliphatic heterocycles. The summed E-state index contributed by atoms with van der Waals surface area (Å²) in [4.78, 5) is 5.43. The van der Waals surface area contributed by atoms with E-state index in [0.29, 0.717) is 11.5 Å². The number of hydrogen-bond donors (Lipinski definition) is 1.